The summed E-state index contributed by atoms with van der Waals surface area (Å²) in [5, 5.41) is 7.15. The van der Waals surface area contributed by atoms with Crippen LogP contribution in [0.2, 0.25) is 0 Å². The van der Waals surface area contributed by atoms with Crippen molar-refractivity contribution in [1.82, 2.24) is 5.16 Å². The van der Waals surface area contributed by atoms with E-state index in [2.05, 4.69) is 16.2 Å². The van der Waals surface area contributed by atoms with Crippen molar-refractivity contribution in [3.63, 3.8) is 0 Å². The van der Waals surface area contributed by atoms with Gasteiger partial charge in [0.2, 0.25) is 5.75 Å². The summed E-state index contributed by atoms with van der Waals surface area (Å²) in [5.74, 6) is 1.71. The highest BCUT2D eigenvalue weighted by atomic mass is 16.5. The molecule has 3 aromatic carbocycles. The van der Waals surface area contributed by atoms with Crippen LogP contribution in [0, 0.1) is 0 Å². The van der Waals surface area contributed by atoms with Crippen molar-refractivity contribution >= 4 is 11.6 Å². The second-order valence-corrected chi connectivity index (χ2v) is 7.86. The molecule has 1 aromatic heterocycles. The van der Waals surface area contributed by atoms with Crippen molar-refractivity contribution in [2.75, 3.05) is 33.8 Å². The molecule has 0 aliphatic heterocycles. The lowest BCUT2D eigenvalue weighted by Crippen LogP contribution is -2.58. The first kappa shape index (κ1) is 24.6. The van der Waals surface area contributed by atoms with Gasteiger partial charge in [0.15, 0.2) is 17.5 Å². The fourth-order valence-electron chi connectivity index (χ4n) is 3.90. The Bertz CT molecular complexity index is 1330. The monoisotopic (exact) mass is 490 g/mol. The predicted octanol–water partition coefficient (Wildman–Crippen LogP) is 3.96. The number of hydrogen-bond acceptors (Lipinski definition) is 7. The standard InChI is InChI=1S/C27H27N3O6/c1-32-21-11-10-17(12-20(21)29-27(31)24(28)16-8-6-5-7-9-16)19-15-36-30-25(19)18-13-22(33-2)26(35-4)23(14-18)34-3/h5-15,24H,28H2,1-4H3,(H,29,31)/p+1. The summed E-state index contributed by atoms with van der Waals surface area (Å²) in [7, 11) is 6.19. The number of rotatable bonds is 9. The van der Waals surface area contributed by atoms with Crippen molar-refractivity contribution in [2.24, 2.45) is 0 Å². The van der Waals surface area contributed by atoms with Gasteiger partial charge in [-0.1, -0.05) is 41.6 Å². The zero-order valence-electron chi connectivity index (χ0n) is 20.5. The Morgan fingerprint density at radius 1 is 0.861 bits per heavy atom. The third-order valence-corrected chi connectivity index (χ3v) is 5.79. The van der Waals surface area contributed by atoms with E-state index in [0.29, 0.717) is 45.5 Å². The van der Waals surface area contributed by atoms with Crippen LogP contribution in [0.25, 0.3) is 22.4 Å². The summed E-state index contributed by atoms with van der Waals surface area (Å²) in [5.41, 5.74) is 8.07. The number of aromatic nitrogens is 1. The maximum Gasteiger partial charge on any atom is 0.287 e. The number of anilines is 1. The van der Waals surface area contributed by atoms with Gasteiger partial charge in [-0.2, -0.15) is 0 Å². The fourth-order valence-corrected chi connectivity index (χ4v) is 3.90. The van der Waals surface area contributed by atoms with Crippen LogP contribution in [0.1, 0.15) is 11.6 Å². The third kappa shape index (κ3) is 4.82. The molecule has 0 spiro atoms. The lowest BCUT2D eigenvalue weighted by atomic mass is 10.00. The van der Waals surface area contributed by atoms with Crippen LogP contribution in [0.15, 0.2) is 71.4 Å². The largest absolute Gasteiger partial charge is 0.495 e. The summed E-state index contributed by atoms with van der Waals surface area (Å²) in [6.07, 6.45) is 1.54. The highest BCUT2D eigenvalue weighted by Gasteiger charge is 2.23. The van der Waals surface area contributed by atoms with E-state index in [1.54, 1.807) is 52.9 Å². The van der Waals surface area contributed by atoms with E-state index in [1.807, 2.05) is 42.5 Å². The topological polar surface area (TPSA) is 120 Å². The molecule has 0 aliphatic carbocycles. The molecule has 4 rings (SSSR count). The van der Waals surface area contributed by atoms with Crippen molar-refractivity contribution in [3.8, 4) is 45.4 Å². The minimum Gasteiger partial charge on any atom is -0.495 e. The van der Waals surface area contributed by atoms with Crippen LogP contribution in [-0.4, -0.2) is 39.5 Å². The van der Waals surface area contributed by atoms with Crippen LogP contribution in [-0.2, 0) is 4.79 Å². The molecule has 0 saturated heterocycles. The molecular weight excluding hydrogens is 462 g/mol. The van der Waals surface area contributed by atoms with Gasteiger partial charge in [0.05, 0.1) is 34.1 Å². The Morgan fingerprint density at radius 2 is 1.53 bits per heavy atom. The molecule has 0 radical (unpaired) electrons. The Kier molecular flexibility index (Phi) is 7.41. The molecule has 186 valence electrons. The number of methoxy groups -OCH3 is 4. The molecule has 36 heavy (non-hydrogen) atoms. The Labute approximate surface area is 208 Å². The molecule has 1 amide bonds. The van der Waals surface area contributed by atoms with E-state index in [4.69, 9.17) is 23.5 Å². The number of carbonyl (C=O) groups excluding carboxylic acids is 1. The van der Waals surface area contributed by atoms with Crippen LogP contribution in [0.5, 0.6) is 23.0 Å². The van der Waals surface area contributed by atoms with Gasteiger partial charge in [0.1, 0.15) is 17.7 Å². The lowest BCUT2D eigenvalue weighted by Gasteiger charge is -2.15. The molecule has 4 aromatic rings. The summed E-state index contributed by atoms with van der Waals surface area (Å²) in [6, 6.07) is 17.8. The number of benzene rings is 3. The third-order valence-electron chi connectivity index (χ3n) is 5.79. The number of ether oxygens (including phenoxy) is 4. The Balaban J connectivity index is 1.71. The summed E-state index contributed by atoms with van der Waals surface area (Å²) in [6.45, 7) is 0. The van der Waals surface area contributed by atoms with E-state index >= 15 is 0 Å². The van der Waals surface area contributed by atoms with Crippen LogP contribution in [0.3, 0.4) is 0 Å². The van der Waals surface area contributed by atoms with Crippen molar-refractivity contribution in [2.45, 2.75) is 6.04 Å². The molecule has 4 N–H and O–H groups in total. The second kappa shape index (κ2) is 10.8. The van der Waals surface area contributed by atoms with Crippen molar-refractivity contribution in [1.29, 1.82) is 0 Å². The van der Waals surface area contributed by atoms with Gasteiger partial charge in [-0.05, 0) is 29.8 Å². The number of hydrogen-bond donors (Lipinski definition) is 2. The number of nitrogens with one attached hydrogen (secondary N) is 1. The first-order valence-corrected chi connectivity index (χ1v) is 11.1. The van der Waals surface area contributed by atoms with Gasteiger partial charge >= 0.3 is 0 Å². The van der Waals surface area contributed by atoms with E-state index in [0.717, 1.165) is 11.1 Å². The quantitative estimate of drug-likeness (QED) is 0.364. The zero-order chi connectivity index (χ0) is 25.7. The van der Waals surface area contributed by atoms with Gasteiger partial charge in [-0.3, -0.25) is 4.79 Å². The maximum atomic E-state index is 13.0. The molecule has 1 heterocycles. The molecule has 1 unspecified atom stereocenters. The summed E-state index contributed by atoms with van der Waals surface area (Å²) in [4.78, 5) is 13.0. The average molecular weight is 491 g/mol. The average Bonchev–Trinajstić information content (AvgIpc) is 3.42. The number of quaternary nitrogens is 1. The number of nitrogens with zero attached hydrogens (tertiary/aromatic N) is 1. The van der Waals surface area contributed by atoms with E-state index in [9.17, 15) is 4.79 Å². The second-order valence-electron chi connectivity index (χ2n) is 7.86. The summed E-state index contributed by atoms with van der Waals surface area (Å²) >= 11 is 0. The molecule has 0 fully saturated rings. The maximum absolute atomic E-state index is 13.0. The SMILES string of the molecule is COc1ccc(-c2conc2-c2cc(OC)c(OC)c(OC)c2)cc1NC(=O)C([NH3+])c1ccccc1. The molecular formula is C27H28N3O6+. The van der Waals surface area contributed by atoms with E-state index in [1.165, 1.54) is 0 Å². The van der Waals surface area contributed by atoms with Crippen LogP contribution >= 0.6 is 0 Å². The van der Waals surface area contributed by atoms with Gasteiger partial charge in [-0.25, -0.2) is 0 Å². The lowest BCUT2D eigenvalue weighted by molar-refractivity contribution is -0.408. The Hall–Kier alpha value is -4.50. The van der Waals surface area contributed by atoms with E-state index in [-0.39, 0.29) is 5.91 Å². The fraction of sp³-hybridized carbons (Fsp3) is 0.185. The molecule has 9 heteroatoms. The highest BCUT2D eigenvalue weighted by molar-refractivity contribution is 5.97. The zero-order valence-corrected chi connectivity index (χ0v) is 20.5. The molecule has 9 nitrogen and oxygen atoms in total. The van der Waals surface area contributed by atoms with Gasteiger partial charge < -0.3 is 34.5 Å². The molecule has 0 bridgehead atoms. The molecule has 1 atom stereocenters. The summed E-state index contributed by atoms with van der Waals surface area (Å²) < 4.78 is 27.2. The predicted molar refractivity (Wildman–Crippen MR) is 134 cm³/mol. The number of amides is 1. The first-order chi connectivity index (χ1) is 17.5. The minimum absolute atomic E-state index is 0.258. The Morgan fingerprint density at radius 3 is 2.14 bits per heavy atom. The minimum atomic E-state index is -0.593. The van der Waals surface area contributed by atoms with Gasteiger partial charge in [-0.15, -0.1) is 0 Å². The van der Waals surface area contributed by atoms with Crippen molar-refractivity contribution < 1.29 is 34.0 Å². The highest BCUT2D eigenvalue weighted by Crippen LogP contribution is 2.43. The van der Waals surface area contributed by atoms with Crippen molar-refractivity contribution in [3.05, 3.63) is 72.5 Å². The smallest absolute Gasteiger partial charge is 0.287 e. The van der Waals surface area contributed by atoms with Gasteiger partial charge in [0.25, 0.3) is 5.91 Å². The molecule has 0 aliphatic rings. The van der Waals surface area contributed by atoms with Crippen LogP contribution in [0.4, 0.5) is 5.69 Å². The van der Waals surface area contributed by atoms with E-state index < -0.39 is 6.04 Å². The molecule has 0 saturated carbocycles. The normalized spacial score (nSPS) is 11.5. The van der Waals surface area contributed by atoms with Crippen LogP contribution < -0.4 is 30.0 Å². The number of carbonyl (C=O) groups is 1. The first-order valence-electron chi connectivity index (χ1n) is 11.1. The van der Waals surface area contributed by atoms with Gasteiger partial charge in [0, 0.05) is 16.7 Å².